The predicted octanol–water partition coefficient (Wildman–Crippen LogP) is 4.13. The van der Waals surface area contributed by atoms with Crippen molar-refractivity contribution in [2.45, 2.75) is 45.7 Å². The number of nitrogens with zero attached hydrogens (tertiary/aromatic N) is 4. The van der Waals surface area contributed by atoms with Crippen LogP contribution in [0.4, 0.5) is 0 Å². The number of carbonyl (C=O) groups excluding carboxylic acids is 2. The second-order valence-electron chi connectivity index (χ2n) is 8.88. The lowest BCUT2D eigenvalue weighted by molar-refractivity contribution is 0.0640. The molecule has 5 rings (SSSR count). The number of imide groups is 1. The minimum atomic E-state index is -0.361. The van der Waals surface area contributed by atoms with Gasteiger partial charge in [0.2, 0.25) is 0 Å². The van der Waals surface area contributed by atoms with Crippen LogP contribution >= 0.6 is 0 Å². The van der Waals surface area contributed by atoms with Gasteiger partial charge in [-0.15, -0.1) is 5.10 Å². The molecule has 0 saturated heterocycles. The molecule has 2 aromatic heterocycles. The molecule has 2 amide bonds. The van der Waals surface area contributed by atoms with E-state index in [4.69, 9.17) is 9.15 Å². The van der Waals surface area contributed by atoms with E-state index in [9.17, 15) is 14.4 Å². The third-order valence-electron chi connectivity index (χ3n) is 6.26. The van der Waals surface area contributed by atoms with Crippen molar-refractivity contribution >= 4 is 22.8 Å². The van der Waals surface area contributed by atoms with Crippen molar-refractivity contribution in [1.29, 1.82) is 0 Å². The fourth-order valence-corrected chi connectivity index (χ4v) is 4.38. The lowest BCUT2D eigenvalue weighted by atomic mass is 10.1. The highest BCUT2D eigenvalue weighted by Gasteiger charge is 2.35. The molecular weight excluding hydrogens is 460 g/mol. The zero-order valence-corrected chi connectivity index (χ0v) is 20.0. The van der Waals surface area contributed by atoms with E-state index in [0.29, 0.717) is 41.3 Å². The Bertz CT molecular complexity index is 1450. The summed E-state index contributed by atoms with van der Waals surface area (Å²) in [6, 6.07) is 13.9. The molecule has 0 aliphatic carbocycles. The van der Waals surface area contributed by atoms with Gasteiger partial charge >= 0.3 is 5.63 Å². The number of fused-ring (bicyclic) bond motifs is 2. The fourth-order valence-electron chi connectivity index (χ4n) is 4.38. The zero-order valence-electron chi connectivity index (χ0n) is 20.0. The maximum atomic E-state index is 12.5. The standard InChI is InChI=1S/C27H26N4O5/c1-18-14-25(32)36-24-15-20(10-11-21(18)24)35-13-7-3-2-6-12-30-16-19(28-29-30)17-31-26(33)22-8-4-5-9-23(22)27(31)34/h4-5,8-11,14-16H,2-3,6-7,12-13,17H2,1H3. The Kier molecular flexibility index (Phi) is 6.62. The zero-order chi connectivity index (χ0) is 25.1. The average molecular weight is 487 g/mol. The summed E-state index contributed by atoms with van der Waals surface area (Å²) in [5.41, 5.74) is 2.51. The lowest BCUT2D eigenvalue weighted by Crippen LogP contribution is -2.29. The first-order valence-corrected chi connectivity index (χ1v) is 12.0. The molecule has 0 fully saturated rings. The highest BCUT2D eigenvalue weighted by Crippen LogP contribution is 2.24. The van der Waals surface area contributed by atoms with Crippen LogP contribution in [0, 0.1) is 6.92 Å². The van der Waals surface area contributed by atoms with Crippen LogP contribution in [0.25, 0.3) is 11.0 Å². The van der Waals surface area contributed by atoms with Crippen LogP contribution in [0.15, 0.2) is 63.9 Å². The molecule has 3 heterocycles. The first kappa shape index (κ1) is 23.5. The highest BCUT2D eigenvalue weighted by molar-refractivity contribution is 6.21. The van der Waals surface area contributed by atoms with Crippen LogP contribution in [-0.4, -0.2) is 38.3 Å². The molecule has 4 aromatic rings. The molecule has 0 unspecified atom stereocenters. The van der Waals surface area contributed by atoms with Crippen molar-refractivity contribution in [3.8, 4) is 5.75 Å². The second-order valence-corrected chi connectivity index (χ2v) is 8.88. The minimum Gasteiger partial charge on any atom is -0.493 e. The Morgan fingerprint density at radius 3 is 2.44 bits per heavy atom. The van der Waals surface area contributed by atoms with E-state index in [1.807, 2.05) is 19.1 Å². The van der Waals surface area contributed by atoms with Gasteiger partial charge in [0.1, 0.15) is 17.0 Å². The summed E-state index contributed by atoms with van der Waals surface area (Å²) in [5.74, 6) is 0.0934. The topological polar surface area (TPSA) is 108 Å². The molecule has 0 radical (unpaired) electrons. The molecule has 36 heavy (non-hydrogen) atoms. The van der Waals surface area contributed by atoms with Crippen molar-refractivity contribution < 1.29 is 18.7 Å². The van der Waals surface area contributed by atoms with Crippen LogP contribution in [0.1, 0.15) is 57.7 Å². The SMILES string of the molecule is Cc1cc(=O)oc2cc(OCCCCCCn3cc(CN4C(=O)c5ccccc5C4=O)nn3)ccc12. The molecule has 0 spiro atoms. The molecule has 0 atom stereocenters. The van der Waals surface area contributed by atoms with E-state index in [-0.39, 0.29) is 24.0 Å². The van der Waals surface area contributed by atoms with Crippen LogP contribution in [0.2, 0.25) is 0 Å². The monoisotopic (exact) mass is 486 g/mol. The number of aromatic nitrogens is 3. The summed E-state index contributed by atoms with van der Waals surface area (Å²) in [6.07, 6.45) is 5.61. The lowest BCUT2D eigenvalue weighted by Gasteiger charge is -2.11. The van der Waals surface area contributed by atoms with Gasteiger partial charge in [-0.05, 0) is 56.0 Å². The second kappa shape index (κ2) is 10.2. The Hall–Kier alpha value is -4.27. The predicted molar refractivity (Wildman–Crippen MR) is 132 cm³/mol. The van der Waals surface area contributed by atoms with Crippen molar-refractivity contribution in [2.75, 3.05) is 6.61 Å². The summed E-state index contributed by atoms with van der Waals surface area (Å²) >= 11 is 0. The molecule has 9 nitrogen and oxygen atoms in total. The number of hydrogen-bond acceptors (Lipinski definition) is 7. The number of ether oxygens (including phenoxy) is 1. The Labute approximate surface area is 207 Å². The average Bonchev–Trinajstić information content (AvgIpc) is 3.41. The maximum absolute atomic E-state index is 12.5. The van der Waals surface area contributed by atoms with Gasteiger partial charge in [0.05, 0.1) is 30.5 Å². The molecule has 184 valence electrons. The molecule has 0 bridgehead atoms. The first-order chi connectivity index (χ1) is 17.5. The molecule has 1 aliphatic rings. The van der Waals surface area contributed by atoms with E-state index >= 15 is 0 Å². The number of carbonyl (C=O) groups is 2. The van der Waals surface area contributed by atoms with Crippen LogP contribution < -0.4 is 10.4 Å². The molecular formula is C27H26N4O5. The Morgan fingerprint density at radius 2 is 1.67 bits per heavy atom. The van der Waals surface area contributed by atoms with E-state index in [0.717, 1.165) is 36.6 Å². The normalized spacial score (nSPS) is 13.0. The molecule has 9 heteroatoms. The quantitative estimate of drug-likeness (QED) is 0.188. The summed E-state index contributed by atoms with van der Waals surface area (Å²) in [5, 5.41) is 9.16. The van der Waals surface area contributed by atoms with Crippen molar-refractivity contribution in [1.82, 2.24) is 19.9 Å². The van der Waals surface area contributed by atoms with E-state index < -0.39 is 0 Å². The molecule has 1 aliphatic heterocycles. The number of rotatable bonds is 10. The summed E-state index contributed by atoms with van der Waals surface area (Å²) in [6.45, 7) is 3.28. The summed E-state index contributed by atoms with van der Waals surface area (Å²) < 4.78 is 12.8. The van der Waals surface area contributed by atoms with Crippen LogP contribution in [-0.2, 0) is 13.1 Å². The number of hydrogen-bond donors (Lipinski definition) is 0. The maximum Gasteiger partial charge on any atom is 0.336 e. The summed E-state index contributed by atoms with van der Waals surface area (Å²) in [7, 11) is 0. The first-order valence-electron chi connectivity index (χ1n) is 12.0. The van der Waals surface area contributed by atoms with Crippen molar-refractivity contribution in [2.24, 2.45) is 0 Å². The third kappa shape index (κ3) is 4.91. The van der Waals surface area contributed by atoms with Gasteiger partial charge in [0.25, 0.3) is 11.8 Å². The Morgan fingerprint density at radius 1 is 0.917 bits per heavy atom. The fraction of sp³-hybridized carbons (Fsp3) is 0.296. The number of unbranched alkanes of at least 4 members (excludes halogenated alkanes) is 3. The minimum absolute atomic E-state index is 0.113. The van der Waals surface area contributed by atoms with Gasteiger partial charge < -0.3 is 9.15 Å². The van der Waals surface area contributed by atoms with Crippen LogP contribution in [0.3, 0.4) is 0 Å². The Balaban J connectivity index is 1.03. The van der Waals surface area contributed by atoms with E-state index in [2.05, 4.69) is 10.3 Å². The van der Waals surface area contributed by atoms with Gasteiger partial charge in [-0.2, -0.15) is 0 Å². The smallest absolute Gasteiger partial charge is 0.336 e. The number of amides is 2. The highest BCUT2D eigenvalue weighted by atomic mass is 16.5. The number of benzene rings is 2. The van der Waals surface area contributed by atoms with Crippen molar-refractivity contribution in [3.63, 3.8) is 0 Å². The largest absolute Gasteiger partial charge is 0.493 e. The van der Waals surface area contributed by atoms with Gasteiger partial charge in [0, 0.05) is 24.1 Å². The molecule has 2 aromatic carbocycles. The van der Waals surface area contributed by atoms with Gasteiger partial charge in [-0.25, -0.2) is 4.79 Å². The van der Waals surface area contributed by atoms with E-state index in [1.54, 1.807) is 41.2 Å². The molecule has 0 saturated carbocycles. The number of aryl methyl sites for hydroxylation is 2. The van der Waals surface area contributed by atoms with Crippen molar-refractivity contribution in [3.05, 3.63) is 87.5 Å². The van der Waals surface area contributed by atoms with Crippen LogP contribution in [0.5, 0.6) is 5.75 Å². The molecule has 0 N–H and O–H groups in total. The summed E-state index contributed by atoms with van der Waals surface area (Å²) in [4.78, 5) is 37.8. The van der Waals surface area contributed by atoms with Gasteiger partial charge in [-0.1, -0.05) is 23.8 Å². The third-order valence-corrected chi connectivity index (χ3v) is 6.26. The van der Waals surface area contributed by atoms with Gasteiger partial charge in [-0.3, -0.25) is 19.2 Å². The van der Waals surface area contributed by atoms with Gasteiger partial charge in [0.15, 0.2) is 0 Å². The van der Waals surface area contributed by atoms with E-state index in [1.165, 1.54) is 11.0 Å².